The van der Waals surface area contributed by atoms with Crippen molar-refractivity contribution in [3.63, 3.8) is 0 Å². The molecule has 1 aliphatic rings. The maximum atomic E-state index is 11.5. The summed E-state index contributed by atoms with van der Waals surface area (Å²) in [7, 11) is 0. The summed E-state index contributed by atoms with van der Waals surface area (Å²) in [6.07, 6.45) is 3.40. The first-order valence-electron chi connectivity index (χ1n) is 7.65. The number of carbonyl (C=O) groups excluding carboxylic acids is 1. The standard InChI is InChI=1S/C17H26N2O/c1-12(2)5-6-13(3)18-16-7-8-17-15(11-16)9-10-19(17)14(4)20/h7-8,11-13,18H,5-6,9-10H2,1-4H3. The second-order valence-electron chi connectivity index (χ2n) is 6.28. The molecule has 3 nitrogen and oxygen atoms in total. The molecule has 0 bridgehead atoms. The molecule has 0 fully saturated rings. The monoisotopic (exact) mass is 274 g/mol. The van der Waals surface area contributed by atoms with Gasteiger partial charge in [0.15, 0.2) is 0 Å². The van der Waals surface area contributed by atoms with Gasteiger partial charge in [0, 0.05) is 30.9 Å². The highest BCUT2D eigenvalue weighted by Gasteiger charge is 2.22. The summed E-state index contributed by atoms with van der Waals surface area (Å²) in [5, 5.41) is 3.57. The van der Waals surface area contributed by atoms with Crippen molar-refractivity contribution in [1.29, 1.82) is 0 Å². The quantitative estimate of drug-likeness (QED) is 0.885. The zero-order valence-electron chi connectivity index (χ0n) is 13.1. The van der Waals surface area contributed by atoms with Crippen LogP contribution in [0.1, 0.15) is 46.1 Å². The van der Waals surface area contributed by atoms with Crippen LogP contribution in [0.3, 0.4) is 0 Å². The summed E-state index contributed by atoms with van der Waals surface area (Å²) in [6.45, 7) is 9.21. The largest absolute Gasteiger partial charge is 0.383 e. The number of benzene rings is 1. The van der Waals surface area contributed by atoms with Crippen molar-refractivity contribution in [3.8, 4) is 0 Å². The van der Waals surface area contributed by atoms with Crippen LogP contribution < -0.4 is 10.2 Å². The third-order valence-electron chi connectivity index (χ3n) is 3.95. The third-order valence-corrected chi connectivity index (χ3v) is 3.95. The second kappa shape index (κ2) is 6.29. The highest BCUT2D eigenvalue weighted by Crippen LogP contribution is 2.30. The van der Waals surface area contributed by atoms with Gasteiger partial charge in [-0.1, -0.05) is 13.8 Å². The lowest BCUT2D eigenvalue weighted by Crippen LogP contribution is -2.25. The molecule has 0 saturated heterocycles. The molecule has 20 heavy (non-hydrogen) atoms. The predicted molar refractivity (Wildman–Crippen MR) is 85.3 cm³/mol. The first kappa shape index (κ1) is 14.9. The van der Waals surface area contributed by atoms with Crippen molar-refractivity contribution in [3.05, 3.63) is 23.8 Å². The zero-order valence-corrected chi connectivity index (χ0v) is 13.1. The van der Waals surface area contributed by atoms with Crippen LogP contribution >= 0.6 is 0 Å². The van der Waals surface area contributed by atoms with Crippen molar-refractivity contribution in [2.45, 2.75) is 53.0 Å². The van der Waals surface area contributed by atoms with E-state index in [-0.39, 0.29) is 5.91 Å². The molecule has 1 N–H and O–H groups in total. The molecule has 1 aromatic carbocycles. The molecule has 1 aromatic rings. The van der Waals surface area contributed by atoms with Crippen molar-refractivity contribution in [2.75, 3.05) is 16.8 Å². The molecular formula is C17H26N2O. The average molecular weight is 274 g/mol. The van der Waals surface area contributed by atoms with Crippen molar-refractivity contribution >= 4 is 17.3 Å². The Balaban J connectivity index is 2.00. The number of fused-ring (bicyclic) bond motifs is 1. The molecule has 1 atom stereocenters. The van der Waals surface area contributed by atoms with E-state index in [4.69, 9.17) is 0 Å². The fourth-order valence-electron chi connectivity index (χ4n) is 2.76. The van der Waals surface area contributed by atoms with E-state index in [1.54, 1.807) is 6.92 Å². The lowest BCUT2D eigenvalue weighted by atomic mass is 10.0. The van der Waals surface area contributed by atoms with E-state index in [0.717, 1.165) is 24.6 Å². The fourth-order valence-corrected chi connectivity index (χ4v) is 2.76. The second-order valence-corrected chi connectivity index (χ2v) is 6.28. The zero-order chi connectivity index (χ0) is 14.7. The SMILES string of the molecule is CC(=O)N1CCc2cc(NC(C)CCC(C)C)ccc21. The lowest BCUT2D eigenvalue weighted by Gasteiger charge is -2.18. The maximum absolute atomic E-state index is 11.5. The van der Waals surface area contributed by atoms with Gasteiger partial charge in [0.1, 0.15) is 0 Å². The molecule has 1 heterocycles. The molecule has 3 heteroatoms. The van der Waals surface area contributed by atoms with Crippen molar-refractivity contribution < 1.29 is 4.79 Å². The van der Waals surface area contributed by atoms with E-state index >= 15 is 0 Å². The Labute approximate surface area is 122 Å². The maximum Gasteiger partial charge on any atom is 0.223 e. The van der Waals surface area contributed by atoms with Gasteiger partial charge in [0.05, 0.1) is 0 Å². The molecule has 0 saturated carbocycles. The lowest BCUT2D eigenvalue weighted by molar-refractivity contribution is -0.116. The van der Waals surface area contributed by atoms with Crippen LogP contribution in [0, 0.1) is 5.92 Å². The van der Waals surface area contributed by atoms with Gasteiger partial charge in [0.2, 0.25) is 5.91 Å². The topological polar surface area (TPSA) is 32.3 Å². The number of hydrogen-bond donors (Lipinski definition) is 1. The predicted octanol–water partition coefficient (Wildman–Crippen LogP) is 3.83. The summed E-state index contributed by atoms with van der Waals surface area (Å²) < 4.78 is 0. The summed E-state index contributed by atoms with van der Waals surface area (Å²) in [5.41, 5.74) is 3.53. The van der Waals surface area contributed by atoms with Crippen molar-refractivity contribution in [1.82, 2.24) is 0 Å². The molecule has 1 unspecified atom stereocenters. The van der Waals surface area contributed by atoms with Crippen molar-refractivity contribution in [2.24, 2.45) is 5.92 Å². The molecule has 110 valence electrons. The van der Waals surface area contributed by atoms with E-state index in [1.165, 1.54) is 24.1 Å². The smallest absolute Gasteiger partial charge is 0.223 e. The molecule has 0 radical (unpaired) electrons. The molecule has 1 aliphatic heterocycles. The Bertz CT molecular complexity index is 482. The minimum Gasteiger partial charge on any atom is -0.383 e. The molecule has 0 aromatic heterocycles. The van der Waals surface area contributed by atoms with Gasteiger partial charge in [-0.25, -0.2) is 0 Å². The Morgan fingerprint density at radius 1 is 1.30 bits per heavy atom. The Hall–Kier alpha value is -1.51. The van der Waals surface area contributed by atoms with Gasteiger partial charge in [-0.2, -0.15) is 0 Å². The summed E-state index contributed by atoms with van der Waals surface area (Å²) in [6, 6.07) is 6.85. The fraction of sp³-hybridized carbons (Fsp3) is 0.588. The average Bonchev–Trinajstić information content (AvgIpc) is 2.79. The van der Waals surface area contributed by atoms with E-state index < -0.39 is 0 Å². The number of nitrogens with one attached hydrogen (secondary N) is 1. The molecule has 0 spiro atoms. The Morgan fingerprint density at radius 2 is 2.05 bits per heavy atom. The highest BCUT2D eigenvalue weighted by molar-refractivity contribution is 5.94. The van der Waals surface area contributed by atoms with Crippen LogP contribution in [-0.4, -0.2) is 18.5 Å². The molecule has 2 rings (SSSR count). The molecule has 0 aliphatic carbocycles. The Kier molecular flexibility index (Phi) is 4.69. The van der Waals surface area contributed by atoms with Crippen LogP contribution in [0.5, 0.6) is 0 Å². The van der Waals surface area contributed by atoms with E-state index in [2.05, 4.69) is 44.3 Å². The number of anilines is 2. The van der Waals surface area contributed by atoms with Gasteiger partial charge in [0.25, 0.3) is 0 Å². The summed E-state index contributed by atoms with van der Waals surface area (Å²) in [4.78, 5) is 13.4. The van der Waals surface area contributed by atoms with E-state index in [9.17, 15) is 4.79 Å². The van der Waals surface area contributed by atoms with Crippen LogP contribution in [0.2, 0.25) is 0 Å². The number of nitrogens with zero attached hydrogens (tertiary/aromatic N) is 1. The molecule has 1 amide bonds. The Morgan fingerprint density at radius 3 is 2.70 bits per heavy atom. The third kappa shape index (κ3) is 3.53. The van der Waals surface area contributed by atoms with Gasteiger partial charge >= 0.3 is 0 Å². The number of carbonyl (C=O) groups is 1. The van der Waals surface area contributed by atoms with Crippen LogP contribution in [-0.2, 0) is 11.2 Å². The highest BCUT2D eigenvalue weighted by atomic mass is 16.2. The van der Waals surface area contributed by atoms with Gasteiger partial charge in [-0.15, -0.1) is 0 Å². The first-order chi connectivity index (χ1) is 9.47. The summed E-state index contributed by atoms with van der Waals surface area (Å²) in [5.74, 6) is 0.887. The van der Waals surface area contributed by atoms with E-state index in [1.807, 2.05) is 4.90 Å². The van der Waals surface area contributed by atoms with Gasteiger partial charge in [-0.3, -0.25) is 4.79 Å². The van der Waals surface area contributed by atoms with Gasteiger partial charge < -0.3 is 10.2 Å². The van der Waals surface area contributed by atoms with Crippen LogP contribution in [0.25, 0.3) is 0 Å². The van der Waals surface area contributed by atoms with Crippen LogP contribution in [0.15, 0.2) is 18.2 Å². The minimum absolute atomic E-state index is 0.134. The number of rotatable bonds is 5. The first-order valence-corrected chi connectivity index (χ1v) is 7.65. The number of amides is 1. The minimum atomic E-state index is 0.134. The van der Waals surface area contributed by atoms with E-state index in [0.29, 0.717) is 6.04 Å². The normalized spacial score (nSPS) is 15.3. The van der Waals surface area contributed by atoms with Crippen LogP contribution in [0.4, 0.5) is 11.4 Å². The summed E-state index contributed by atoms with van der Waals surface area (Å²) >= 11 is 0. The number of hydrogen-bond acceptors (Lipinski definition) is 2. The molecular weight excluding hydrogens is 248 g/mol. The van der Waals surface area contributed by atoms with Gasteiger partial charge in [-0.05, 0) is 55.9 Å².